The average Bonchev–Trinajstić information content (AvgIpc) is 3.80. The summed E-state index contributed by atoms with van der Waals surface area (Å²) in [6.45, 7) is 4.19. The van der Waals surface area contributed by atoms with Crippen LogP contribution in [0.25, 0.3) is 83.1 Å². The molecule has 0 spiro atoms. The number of imide groups is 1. The Morgan fingerprint density at radius 3 is 1.24 bits per heavy atom. The van der Waals surface area contributed by atoms with Crippen LogP contribution in [0, 0.1) is 13.8 Å². The van der Waals surface area contributed by atoms with Crippen molar-refractivity contribution in [2.24, 2.45) is 0 Å². The van der Waals surface area contributed by atoms with Crippen molar-refractivity contribution in [3.8, 4) is 61.3 Å². The number of nitrogens with zero attached hydrogens (tertiary/aromatic N) is 2. The van der Waals surface area contributed by atoms with Crippen molar-refractivity contribution in [1.82, 2.24) is 4.57 Å². The predicted octanol–water partition coefficient (Wildman–Crippen LogP) is 14.5. The minimum atomic E-state index is -0.363. The molecule has 0 aliphatic carbocycles. The summed E-state index contributed by atoms with van der Waals surface area (Å²) >= 11 is 0. The highest BCUT2D eigenvalue weighted by molar-refractivity contribution is 6.37. The van der Waals surface area contributed by atoms with Crippen molar-refractivity contribution in [2.75, 3.05) is 4.90 Å². The molecule has 0 bridgehead atoms. The fourth-order valence-electron chi connectivity index (χ4n) is 9.29. The normalized spacial score (nSPS) is 12.4. The van der Waals surface area contributed by atoms with Crippen LogP contribution >= 0.6 is 0 Å². The summed E-state index contributed by atoms with van der Waals surface area (Å²) < 4.78 is 2.25. The lowest BCUT2D eigenvalue weighted by Gasteiger charge is -2.24. The highest BCUT2D eigenvalue weighted by atomic mass is 16.2. The third kappa shape index (κ3) is 5.99. The quantitative estimate of drug-likeness (QED) is 0.151. The lowest BCUT2D eigenvalue weighted by Crippen LogP contribution is -2.30. The van der Waals surface area contributed by atoms with Crippen LogP contribution in [0.2, 0.25) is 0 Å². The van der Waals surface area contributed by atoms with Gasteiger partial charge in [0.1, 0.15) is 0 Å². The maximum Gasteiger partial charge on any atom is 0.268 e. The summed E-state index contributed by atoms with van der Waals surface area (Å²) in [6, 6.07) is 70.4. The van der Waals surface area contributed by atoms with E-state index in [4.69, 9.17) is 0 Å². The average molecular weight is 797 g/mol. The van der Waals surface area contributed by atoms with E-state index < -0.39 is 0 Å². The predicted molar refractivity (Wildman–Crippen MR) is 255 cm³/mol. The number of anilines is 1. The number of hydrogen-bond acceptors (Lipinski definition) is 2. The molecule has 0 saturated carbocycles. The van der Waals surface area contributed by atoms with Crippen molar-refractivity contribution < 1.29 is 9.59 Å². The Morgan fingerprint density at radius 2 is 0.758 bits per heavy atom. The molecule has 2 heterocycles. The highest BCUT2D eigenvalue weighted by Gasteiger charge is 2.42. The first kappa shape index (κ1) is 37.0. The van der Waals surface area contributed by atoms with Crippen molar-refractivity contribution in [3.63, 3.8) is 0 Å². The topological polar surface area (TPSA) is 42.3 Å². The van der Waals surface area contributed by atoms with Gasteiger partial charge in [0.15, 0.2) is 0 Å². The minimum Gasteiger partial charge on any atom is -0.307 e. The molecule has 10 aromatic rings. The molecule has 0 radical (unpaired) electrons. The van der Waals surface area contributed by atoms with Gasteiger partial charge in [0, 0.05) is 33.0 Å². The number of fused-ring (bicyclic) bond motifs is 4. The Labute approximate surface area is 360 Å². The van der Waals surface area contributed by atoms with Crippen LogP contribution < -0.4 is 4.90 Å². The van der Waals surface area contributed by atoms with Gasteiger partial charge in [-0.3, -0.25) is 9.59 Å². The van der Waals surface area contributed by atoms with Gasteiger partial charge < -0.3 is 4.57 Å². The molecule has 1 aromatic heterocycles. The van der Waals surface area contributed by atoms with Gasteiger partial charge in [-0.2, -0.15) is 0 Å². The number of benzene rings is 9. The highest BCUT2D eigenvalue weighted by Crippen LogP contribution is 2.48. The molecule has 4 nitrogen and oxygen atoms in total. The number of hydrogen-bond donors (Lipinski definition) is 0. The van der Waals surface area contributed by atoms with Crippen LogP contribution in [0.4, 0.5) is 5.69 Å². The summed E-state index contributed by atoms with van der Waals surface area (Å²) in [6.07, 6.45) is 0. The lowest BCUT2D eigenvalue weighted by atomic mass is 9.90. The fraction of sp³-hybridized carbons (Fsp3) is 0.0345. The first-order valence-corrected chi connectivity index (χ1v) is 21.0. The maximum atomic E-state index is 15.8. The van der Waals surface area contributed by atoms with Gasteiger partial charge in [0.25, 0.3) is 11.8 Å². The maximum absolute atomic E-state index is 15.8. The van der Waals surface area contributed by atoms with Crippen LogP contribution in [-0.2, 0) is 0 Å². The number of carbonyl (C=O) groups is 2. The molecule has 4 heteroatoms. The van der Waals surface area contributed by atoms with Gasteiger partial charge in [0.2, 0.25) is 0 Å². The molecule has 1 aliphatic rings. The van der Waals surface area contributed by atoms with E-state index in [1.807, 2.05) is 91.0 Å². The largest absolute Gasteiger partial charge is 0.307 e. The third-order valence-corrected chi connectivity index (χ3v) is 12.3. The van der Waals surface area contributed by atoms with E-state index in [1.165, 1.54) is 16.0 Å². The first-order valence-electron chi connectivity index (χ1n) is 21.0. The molecule has 0 saturated heterocycles. The van der Waals surface area contributed by atoms with Gasteiger partial charge >= 0.3 is 0 Å². The number of aryl methyl sites for hydroxylation is 2. The van der Waals surface area contributed by atoms with Crippen LogP contribution in [0.5, 0.6) is 0 Å². The molecule has 62 heavy (non-hydrogen) atoms. The Balaban J connectivity index is 1.21. The molecule has 0 N–H and O–H groups in total. The van der Waals surface area contributed by atoms with Gasteiger partial charge in [-0.15, -0.1) is 0 Å². The molecular formula is C58H40N2O2. The standard InChI is InChI=1S/C58H40N2O2/c1-37-27-31-42(32-28-37)45-21-12-23-47-48-24-13-22-46(43-33-29-38(2)30-34-43)55(48)59(54(45)47)52-26-14-25-49-53(52)58(62)60(57(49)61)56-50(40-17-8-4-9-18-40)35-44(39-15-6-3-7-16-39)36-51(56)41-19-10-5-11-20-41/h3-36H,1-2H3. The van der Waals surface area contributed by atoms with E-state index in [-0.39, 0.29) is 11.8 Å². The molecule has 11 rings (SSSR count). The van der Waals surface area contributed by atoms with Gasteiger partial charge in [-0.1, -0.05) is 193 Å². The van der Waals surface area contributed by atoms with Crippen LogP contribution in [-0.4, -0.2) is 16.4 Å². The second-order valence-corrected chi connectivity index (χ2v) is 16.1. The zero-order chi connectivity index (χ0) is 41.9. The number of para-hydroxylation sites is 2. The van der Waals surface area contributed by atoms with Crippen molar-refractivity contribution in [3.05, 3.63) is 229 Å². The van der Waals surface area contributed by atoms with E-state index in [0.29, 0.717) is 22.5 Å². The number of rotatable bonds is 7. The summed E-state index contributed by atoms with van der Waals surface area (Å²) in [5.41, 5.74) is 15.9. The van der Waals surface area contributed by atoms with Crippen molar-refractivity contribution in [2.45, 2.75) is 13.8 Å². The van der Waals surface area contributed by atoms with E-state index in [1.54, 1.807) is 6.07 Å². The fourth-order valence-corrected chi connectivity index (χ4v) is 9.29. The molecule has 9 aromatic carbocycles. The molecule has 2 amide bonds. The third-order valence-electron chi connectivity index (χ3n) is 12.3. The number of amides is 2. The van der Waals surface area contributed by atoms with E-state index >= 15 is 9.59 Å². The van der Waals surface area contributed by atoms with E-state index in [9.17, 15) is 0 Å². The smallest absolute Gasteiger partial charge is 0.268 e. The van der Waals surface area contributed by atoms with Gasteiger partial charge in [-0.25, -0.2) is 4.90 Å². The van der Waals surface area contributed by atoms with Gasteiger partial charge in [0.05, 0.1) is 33.5 Å². The molecule has 0 fully saturated rings. The van der Waals surface area contributed by atoms with Crippen LogP contribution in [0.3, 0.4) is 0 Å². The summed E-state index contributed by atoms with van der Waals surface area (Å²) in [5, 5.41) is 2.12. The van der Waals surface area contributed by atoms with E-state index in [0.717, 1.165) is 77.4 Å². The Kier molecular flexibility index (Phi) is 8.87. The summed E-state index contributed by atoms with van der Waals surface area (Å²) in [5.74, 6) is -0.718. The van der Waals surface area contributed by atoms with Gasteiger partial charge in [-0.05, 0) is 71.5 Å². The summed E-state index contributed by atoms with van der Waals surface area (Å²) in [4.78, 5) is 32.5. The SMILES string of the molecule is Cc1ccc(-c2cccc3c4cccc(-c5ccc(C)cc5)c4n(-c4cccc5c4C(=O)N(c4c(-c6ccccc6)cc(-c6ccccc6)cc4-c4ccccc4)C5=O)c23)cc1. The van der Waals surface area contributed by atoms with Crippen LogP contribution in [0.1, 0.15) is 31.8 Å². The van der Waals surface area contributed by atoms with Crippen molar-refractivity contribution in [1.29, 1.82) is 0 Å². The lowest BCUT2D eigenvalue weighted by molar-refractivity contribution is 0.0926. The van der Waals surface area contributed by atoms with Crippen LogP contribution in [0.15, 0.2) is 206 Å². The number of carbonyl (C=O) groups excluding carboxylic acids is 2. The summed E-state index contributed by atoms with van der Waals surface area (Å²) in [7, 11) is 0. The monoisotopic (exact) mass is 796 g/mol. The zero-order valence-corrected chi connectivity index (χ0v) is 34.3. The molecule has 0 atom stereocenters. The Bertz CT molecular complexity index is 3200. The minimum absolute atomic E-state index is 0.355. The number of aromatic nitrogens is 1. The van der Waals surface area contributed by atoms with E-state index in [2.05, 4.69) is 128 Å². The molecule has 0 unspecified atom stereocenters. The zero-order valence-electron chi connectivity index (χ0n) is 34.3. The first-order chi connectivity index (χ1) is 30.4. The second-order valence-electron chi connectivity index (χ2n) is 16.1. The second kappa shape index (κ2) is 14.9. The Hall–Kier alpha value is -8.08. The molecular weight excluding hydrogens is 757 g/mol. The Morgan fingerprint density at radius 1 is 0.339 bits per heavy atom. The molecule has 1 aliphatic heterocycles. The molecule has 294 valence electrons. The van der Waals surface area contributed by atoms with Crippen molar-refractivity contribution >= 4 is 39.3 Å².